The molecule has 0 radical (unpaired) electrons. The monoisotopic (exact) mass is 711 g/mol. The first-order valence-corrected chi connectivity index (χ1v) is 18.0. The van der Waals surface area contributed by atoms with Gasteiger partial charge in [-0.25, -0.2) is 23.7 Å². The van der Waals surface area contributed by atoms with Gasteiger partial charge in [-0.2, -0.15) is 4.98 Å². The molecule has 242 valence electrons. The summed E-state index contributed by atoms with van der Waals surface area (Å²) in [5.74, 6) is -0.265. The van der Waals surface area contributed by atoms with Crippen LogP contribution in [0.25, 0.3) is 22.3 Å². The lowest BCUT2D eigenvalue weighted by molar-refractivity contribution is -0.0599. The standard InChI is InChI=1S/C20H21F2N9O10P2S2/c21-8-6-1-36-42(34,44)40-12-7(39-18(9(12)22)30-4-26-10-14(30)24-3-25-16(10)32)2-37-43(35,45)41-13(8)19(38-6)31-5-27-11-15(31)28-20(23)29-17(11)33/h3-9,12-13,18-19H,1-2H2,(H,34,44)(H,35,45)(H,24,25,32)(H3,23,28,29,33)/t6-,7-,8-,9+,12-,13-,18?,19-,42?,43?/m1/s1. The Morgan fingerprint density at radius 3 is 2.18 bits per heavy atom. The van der Waals surface area contributed by atoms with E-state index in [2.05, 4.69) is 29.9 Å². The fraction of sp³-hybridized carbons (Fsp3) is 0.500. The van der Waals surface area contributed by atoms with Gasteiger partial charge in [0.1, 0.15) is 24.4 Å². The summed E-state index contributed by atoms with van der Waals surface area (Å²) in [5.41, 5.74) is 4.04. The van der Waals surface area contributed by atoms with Crippen molar-refractivity contribution in [1.82, 2.24) is 39.0 Å². The minimum absolute atomic E-state index is 0.0181. The molecule has 7 heterocycles. The lowest BCUT2D eigenvalue weighted by Crippen LogP contribution is -2.34. The van der Waals surface area contributed by atoms with E-state index in [9.17, 15) is 19.4 Å². The molecule has 25 heteroatoms. The second-order valence-electron chi connectivity index (χ2n) is 10.0. The maximum atomic E-state index is 16.0. The van der Waals surface area contributed by atoms with E-state index in [4.69, 9.17) is 56.9 Å². The first-order chi connectivity index (χ1) is 21.3. The van der Waals surface area contributed by atoms with Crippen molar-refractivity contribution in [3.8, 4) is 0 Å². The van der Waals surface area contributed by atoms with Crippen LogP contribution in [0.3, 0.4) is 0 Å². The number of hydrogen-bond acceptors (Lipinski definition) is 15. The maximum Gasteiger partial charge on any atom is 0.325 e. The average Bonchev–Trinajstić information content (AvgIpc) is 3.72. The van der Waals surface area contributed by atoms with Crippen molar-refractivity contribution in [2.24, 2.45) is 0 Å². The number of aromatic nitrogens is 8. The Hall–Kier alpha value is -2.66. The van der Waals surface area contributed by atoms with E-state index < -0.39 is 87.0 Å². The number of hydrogen-bond donors (Lipinski definition) is 5. The topological polar surface area (TPSA) is 249 Å². The molecule has 19 nitrogen and oxygen atoms in total. The second kappa shape index (κ2) is 11.2. The summed E-state index contributed by atoms with van der Waals surface area (Å²) in [7, 11) is 0. The quantitative estimate of drug-likeness (QED) is 0.165. The van der Waals surface area contributed by atoms with Crippen molar-refractivity contribution >= 4 is 65.3 Å². The molecule has 3 saturated heterocycles. The number of nitrogens with one attached hydrogen (secondary N) is 2. The molecular weight excluding hydrogens is 690 g/mol. The molecule has 0 aliphatic carbocycles. The summed E-state index contributed by atoms with van der Waals surface area (Å²) >= 11 is 10.3. The Morgan fingerprint density at radius 2 is 1.47 bits per heavy atom. The molecule has 3 aliphatic heterocycles. The molecule has 0 saturated carbocycles. The van der Waals surface area contributed by atoms with Gasteiger partial charge in [0, 0.05) is 0 Å². The highest BCUT2D eigenvalue weighted by Crippen LogP contribution is 2.54. The second-order valence-corrected chi connectivity index (χ2v) is 15.6. The van der Waals surface area contributed by atoms with Crippen molar-refractivity contribution in [1.29, 1.82) is 0 Å². The molecule has 6 N–H and O–H groups in total. The molecule has 3 aliphatic rings. The Bertz CT molecular complexity index is 2010. The number of H-pyrrole nitrogens is 2. The van der Waals surface area contributed by atoms with Crippen LogP contribution in [0, 0.1) is 0 Å². The molecule has 7 rings (SSSR count). The summed E-state index contributed by atoms with van der Waals surface area (Å²) in [6.45, 7) is -10.1. The van der Waals surface area contributed by atoms with Crippen LogP contribution in [-0.2, 0) is 51.2 Å². The van der Waals surface area contributed by atoms with Crippen LogP contribution in [0.2, 0.25) is 0 Å². The van der Waals surface area contributed by atoms with Gasteiger partial charge >= 0.3 is 13.4 Å². The van der Waals surface area contributed by atoms with E-state index in [1.54, 1.807) is 0 Å². The molecule has 4 aromatic rings. The molecule has 0 spiro atoms. The fourth-order valence-electron chi connectivity index (χ4n) is 5.23. The van der Waals surface area contributed by atoms with Crippen molar-refractivity contribution in [2.45, 2.75) is 49.2 Å². The zero-order valence-electron chi connectivity index (χ0n) is 22.2. The number of ether oxygens (including phenoxy) is 2. The van der Waals surface area contributed by atoms with Crippen molar-refractivity contribution in [3.05, 3.63) is 39.7 Å². The van der Waals surface area contributed by atoms with Gasteiger partial charge in [0.25, 0.3) is 11.1 Å². The van der Waals surface area contributed by atoms with Gasteiger partial charge < -0.3 is 39.0 Å². The third kappa shape index (κ3) is 5.55. The largest absolute Gasteiger partial charge is 0.369 e. The molecule has 45 heavy (non-hydrogen) atoms. The van der Waals surface area contributed by atoms with Crippen LogP contribution in [0.5, 0.6) is 0 Å². The van der Waals surface area contributed by atoms with Crippen LogP contribution >= 0.6 is 13.4 Å². The van der Waals surface area contributed by atoms with Crippen LogP contribution in [0.15, 0.2) is 28.6 Å². The number of rotatable bonds is 2. The molecule has 3 fully saturated rings. The molecule has 3 unspecified atom stereocenters. The van der Waals surface area contributed by atoms with Crippen LogP contribution < -0.4 is 16.9 Å². The van der Waals surface area contributed by atoms with Gasteiger partial charge in [0.05, 0.1) is 32.2 Å². The summed E-state index contributed by atoms with van der Waals surface area (Å²) in [6, 6.07) is 0. The number of anilines is 1. The van der Waals surface area contributed by atoms with E-state index in [-0.39, 0.29) is 28.3 Å². The predicted molar refractivity (Wildman–Crippen MR) is 153 cm³/mol. The zero-order chi connectivity index (χ0) is 31.8. The Morgan fingerprint density at radius 1 is 0.867 bits per heavy atom. The third-order valence-corrected chi connectivity index (χ3v) is 10.3. The number of nitrogens with two attached hydrogens (primary N) is 1. The number of alkyl halides is 2. The Kier molecular flexibility index (Phi) is 7.74. The summed E-state index contributed by atoms with van der Waals surface area (Å²) < 4.78 is 67.6. The first kappa shape index (κ1) is 31.0. The minimum Gasteiger partial charge on any atom is -0.369 e. The predicted octanol–water partition coefficient (Wildman–Crippen LogP) is -0.443. The zero-order valence-corrected chi connectivity index (χ0v) is 25.6. The molecule has 2 bridgehead atoms. The molecule has 0 aromatic carbocycles. The Labute approximate surface area is 258 Å². The van der Waals surface area contributed by atoms with E-state index in [1.165, 1.54) is 0 Å². The van der Waals surface area contributed by atoms with Crippen LogP contribution in [-0.4, -0.2) is 98.8 Å². The molecule has 4 aromatic heterocycles. The van der Waals surface area contributed by atoms with Crippen LogP contribution in [0.4, 0.5) is 14.7 Å². The number of halogens is 2. The van der Waals surface area contributed by atoms with Crippen LogP contribution in [0.1, 0.15) is 12.5 Å². The Balaban J connectivity index is 1.21. The van der Waals surface area contributed by atoms with Crippen molar-refractivity contribution < 1.29 is 46.1 Å². The highest BCUT2D eigenvalue weighted by atomic mass is 32.5. The van der Waals surface area contributed by atoms with E-state index in [0.29, 0.717) is 0 Å². The summed E-state index contributed by atoms with van der Waals surface area (Å²) in [6.07, 6.45) is -10.1. The smallest absolute Gasteiger partial charge is 0.325 e. The summed E-state index contributed by atoms with van der Waals surface area (Å²) in [4.78, 5) is 66.9. The number of fused-ring (bicyclic) bond motifs is 5. The van der Waals surface area contributed by atoms with Gasteiger partial charge in [0.15, 0.2) is 47.1 Å². The highest BCUT2D eigenvalue weighted by molar-refractivity contribution is 8.07. The molecular formula is C20H21F2N9O10P2S2. The van der Waals surface area contributed by atoms with Gasteiger partial charge in [-0.15, -0.1) is 0 Å². The average molecular weight is 712 g/mol. The van der Waals surface area contributed by atoms with E-state index in [1.807, 2.05) is 0 Å². The van der Waals surface area contributed by atoms with Crippen molar-refractivity contribution in [2.75, 3.05) is 18.9 Å². The molecule has 10 atom stereocenters. The van der Waals surface area contributed by atoms with Crippen molar-refractivity contribution in [3.63, 3.8) is 0 Å². The SMILES string of the molecule is Nc1nc2c(ncn2[C@@H]2O[C@@H]3COP(O)(=S)O[C@H]4[C@H](F)C(n5cnc6c(=O)[nH]cnc65)O[C@@H]4COP(O)(=S)O[C@@H]2[C@@H]3F)c(=O)[nH]1. The highest BCUT2D eigenvalue weighted by Gasteiger charge is 2.53. The van der Waals surface area contributed by atoms with Gasteiger partial charge in [-0.1, -0.05) is 0 Å². The van der Waals surface area contributed by atoms with E-state index >= 15 is 8.78 Å². The lowest BCUT2D eigenvalue weighted by Gasteiger charge is -2.27. The molecule has 0 amide bonds. The van der Waals surface area contributed by atoms with E-state index in [0.717, 1.165) is 28.1 Å². The number of imidazole rings is 2. The maximum absolute atomic E-state index is 16.0. The number of nitrogens with zero attached hydrogens (tertiary/aromatic N) is 6. The third-order valence-electron chi connectivity index (χ3n) is 7.21. The minimum atomic E-state index is -4.37. The normalized spacial score (nSPS) is 37.7. The number of aromatic amines is 2. The fourth-order valence-corrected chi connectivity index (χ4v) is 8.07. The first-order valence-electron chi connectivity index (χ1n) is 12.8. The summed E-state index contributed by atoms with van der Waals surface area (Å²) in [5, 5.41) is 0. The number of nitrogen functional groups attached to an aromatic ring is 1. The van der Waals surface area contributed by atoms with Gasteiger partial charge in [-0.05, 0) is 23.6 Å². The van der Waals surface area contributed by atoms with Gasteiger partial charge in [0.2, 0.25) is 5.95 Å². The van der Waals surface area contributed by atoms with Gasteiger partial charge in [-0.3, -0.25) is 32.8 Å². The lowest BCUT2D eigenvalue weighted by atomic mass is 10.1.